The van der Waals surface area contributed by atoms with Gasteiger partial charge in [0.2, 0.25) is 11.8 Å². The van der Waals surface area contributed by atoms with Crippen molar-refractivity contribution in [3.63, 3.8) is 0 Å². The number of benzene rings is 1. The SMILES string of the molecule is CCOCCC(=O)NC(C)c1cccc(N2CCCC2=O)c1. The fourth-order valence-corrected chi connectivity index (χ4v) is 2.59. The Kier molecular flexibility index (Phi) is 5.95. The van der Waals surface area contributed by atoms with E-state index in [9.17, 15) is 9.59 Å². The first-order valence-corrected chi connectivity index (χ1v) is 7.89. The van der Waals surface area contributed by atoms with Crippen LogP contribution in [-0.2, 0) is 14.3 Å². The van der Waals surface area contributed by atoms with Gasteiger partial charge in [-0.2, -0.15) is 0 Å². The van der Waals surface area contributed by atoms with Crippen molar-refractivity contribution in [3.05, 3.63) is 29.8 Å². The first-order valence-electron chi connectivity index (χ1n) is 7.89. The van der Waals surface area contributed by atoms with Crippen molar-refractivity contribution in [1.82, 2.24) is 5.32 Å². The second kappa shape index (κ2) is 7.94. The summed E-state index contributed by atoms with van der Waals surface area (Å²) in [5, 5.41) is 2.96. The topological polar surface area (TPSA) is 58.6 Å². The standard InChI is InChI=1S/C17H24N2O3/c1-3-22-11-9-16(20)18-13(2)14-6-4-7-15(12-14)19-10-5-8-17(19)21/h4,6-7,12-13H,3,5,8-11H2,1-2H3,(H,18,20). The van der Waals surface area contributed by atoms with Gasteiger partial charge in [0.05, 0.1) is 12.6 Å². The van der Waals surface area contributed by atoms with Gasteiger partial charge in [0.15, 0.2) is 0 Å². The Morgan fingerprint density at radius 1 is 1.45 bits per heavy atom. The van der Waals surface area contributed by atoms with E-state index in [0.29, 0.717) is 26.1 Å². The molecular weight excluding hydrogens is 280 g/mol. The Morgan fingerprint density at radius 2 is 2.27 bits per heavy atom. The lowest BCUT2D eigenvalue weighted by molar-refractivity contribution is -0.122. The summed E-state index contributed by atoms with van der Waals surface area (Å²) in [7, 11) is 0. The fraction of sp³-hybridized carbons (Fsp3) is 0.529. The van der Waals surface area contributed by atoms with Crippen molar-refractivity contribution in [2.24, 2.45) is 0 Å². The molecule has 1 atom stereocenters. The molecule has 1 aliphatic rings. The van der Waals surface area contributed by atoms with Crippen LogP contribution in [-0.4, -0.2) is 31.6 Å². The highest BCUT2D eigenvalue weighted by atomic mass is 16.5. The fourth-order valence-electron chi connectivity index (χ4n) is 2.59. The number of rotatable bonds is 7. The highest BCUT2D eigenvalue weighted by Gasteiger charge is 2.22. The molecule has 0 radical (unpaired) electrons. The van der Waals surface area contributed by atoms with E-state index in [1.54, 1.807) is 0 Å². The smallest absolute Gasteiger partial charge is 0.227 e. The van der Waals surface area contributed by atoms with Gasteiger partial charge in [0, 0.05) is 31.7 Å². The van der Waals surface area contributed by atoms with Crippen molar-refractivity contribution in [2.75, 3.05) is 24.7 Å². The summed E-state index contributed by atoms with van der Waals surface area (Å²) in [6.07, 6.45) is 1.89. The average molecular weight is 304 g/mol. The van der Waals surface area contributed by atoms with Crippen LogP contribution in [0.5, 0.6) is 0 Å². The Hall–Kier alpha value is -1.88. The Morgan fingerprint density at radius 3 is 2.95 bits per heavy atom. The first-order chi connectivity index (χ1) is 10.6. The molecule has 0 spiro atoms. The molecule has 1 fully saturated rings. The number of amides is 2. The minimum atomic E-state index is -0.0909. The number of nitrogens with one attached hydrogen (secondary N) is 1. The lowest BCUT2D eigenvalue weighted by Gasteiger charge is -2.19. The number of hydrogen-bond acceptors (Lipinski definition) is 3. The van der Waals surface area contributed by atoms with Crippen LogP contribution in [0, 0.1) is 0 Å². The highest BCUT2D eigenvalue weighted by molar-refractivity contribution is 5.95. The molecule has 1 saturated heterocycles. The molecule has 1 aliphatic heterocycles. The Labute approximate surface area is 131 Å². The van der Waals surface area contributed by atoms with Gasteiger partial charge in [0.25, 0.3) is 0 Å². The average Bonchev–Trinajstić information content (AvgIpc) is 2.94. The lowest BCUT2D eigenvalue weighted by Crippen LogP contribution is -2.28. The van der Waals surface area contributed by atoms with Crippen LogP contribution in [0.4, 0.5) is 5.69 Å². The number of carbonyl (C=O) groups excluding carboxylic acids is 2. The van der Waals surface area contributed by atoms with E-state index in [-0.39, 0.29) is 17.9 Å². The van der Waals surface area contributed by atoms with E-state index in [1.165, 1.54) is 0 Å². The summed E-state index contributed by atoms with van der Waals surface area (Å²) in [4.78, 5) is 25.5. The van der Waals surface area contributed by atoms with Gasteiger partial charge in [-0.1, -0.05) is 12.1 Å². The van der Waals surface area contributed by atoms with Crippen LogP contribution in [0.2, 0.25) is 0 Å². The van der Waals surface area contributed by atoms with E-state index in [2.05, 4.69) is 5.32 Å². The molecule has 0 bridgehead atoms. The van der Waals surface area contributed by atoms with Gasteiger partial charge in [-0.3, -0.25) is 9.59 Å². The molecule has 1 heterocycles. The zero-order chi connectivity index (χ0) is 15.9. The zero-order valence-corrected chi connectivity index (χ0v) is 13.3. The van der Waals surface area contributed by atoms with Crippen molar-refractivity contribution in [1.29, 1.82) is 0 Å². The van der Waals surface area contributed by atoms with E-state index in [4.69, 9.17) is 4.74 Å². The Balaban J connectivity index is 1.96. The summed E-state index contributed by atoms with van der Waals surface area (Å²) in [6, 6.07) is 7.73. The summed E-state index contributed by atoms with van der Waals surface area (Å²) >= 11 is 0. The maximum atomic E-state index is 11.8. The maximum absolute atomic E-state index is 11.8. The molecular formula is C17H24N2O3. The minimum absolute atomic E-state index is 0.0244. The molecule has 5 nitrogen and oxygen atoms in total. The summed E-state index contributed by atoms with van der Waals surface area (Å²) in [6.45, 7) is 5.69. The third-order valence-electron chi connectivity index (χ3n) is 3.81. The first kappa shape index (κ1) is 16.5. The van der Waals surface area contributed by atoms with Gasteiger partial charge in [-0.25, -0.2) is 0 Å². The van der Waals surface area contributed by atoms with Crippen LogP contribution in [0.15, 0.2) is 24.3 Å². The van der Waals surface area contributed by atoms with Gasteiger partial charge in [-0.15, -0.1) is 0 Å². The molecule has 1 aromatic carbocycles. The van der Waals surface area contributed by atoms with Gasteiger partial charge >= 0.3 is 0 Å². The van der Waals surface area contributed by atoms with Crippen LogP contribution >= 0.6 is 0 Å². The number of carbonyl (C=O) groups is 2. The van der Waals surface area contributed by atoms with Crippen LogP contribution in [0.1, 0.15) is 44.7 Å². The number of anilines is 1. The van der Waals surface area contributed by atoms with Gasteiger partial charge in [0.1, 0.15) is 0 Å². The molecule has 1 N–H and O–H groups in total. The molecule has 0 aromatic heterocycles. The lowest BCUT2D eigenvalue weighted by atomic mass is 10.1. The summed E-state index contributed by atoms with van der Waals surface area (Å²) in [5.74, 6) is 0.147. The summed E-state index contributed by atoms with van der Waals surface area (Å²) in [5.41, 5.74) is 1.91. The molecule has 1 unspecified atom stereocenters. The van der Waals surface area contributed by atoms with E-state index in [0.717, 1.165) is 24.2 Å². The minimum Gasteiger partial charge on any atom is -0.381 e. The molecule has 120 valence electrons. The number of ether oxygens (including phenoxy) is 1. The van der Waals surface area contributed by atoms with Crippen molar-refractivity contribution < 1.29 is 14.3 Å². The molecule has 1 aromatic rings. The molecule has 2 rings (SSSR count). The summed E-state index contributed by atoms with van der Waals surface area (Å²) < 4.78 is 5.18. The van der Waals surface area contributed by atoms with Crippen molar-refractivity contribution in [3.8, 4) is 0 Å². The second-order valence-corrected chi connectivity index (χ2v) is 5.48. The van der Waals surface area contributed by atoms with E-state index < -0.39 is 0 Å². The predicted molar refractivity (Wildman–Crippen MR) is 85.7 cm³/mol. The molecule has 5 heteroatoms. The predicted octanol–water partition coefficient (Wildman–Crippen LogP) is 2.42. The maximum Gasteiger partial charge on any atom is 0.227 e. The van der Waals surface area contributed by atoms with Crippen LogP contribution in [0.3, 0.4) is 0 Å². The van der Waals surface area contributed by atoms with Crippen molar-refractivity contribution in [2.45, 2.75) is 39.2 Å². The Bertz CT molecular complexity index is 530. The molecule has 0 aliphatic carbocycles. The zero-order valence-electron chi connectivity index (χ0n) is 13.3. The van der Waals surface area contributed by atoms with Gasteiger partial charge < -0.3 is 15.0 Å². The third-order valence-corrected chi connectivity index (χ3v) is 3.81. The normalized spacial score (nSPS) is 15.9. The second-order valence-electron chi connectivity index (χ2n) is 5.48. The van der Waals surface area contributed by atoms with E-state index >= 15 is 0 Å². The molecule has 2 amide bonds. The van der Waals surface area contributed by atoms with E-state index in [1.807, 2.05) is 43.0 Å². The van der Waals surface area contributed by atoms with Gasteiger partial charge in [-0.05, 0) is 38.0 Å². The van der Waals surface area contributed by atoms with Crippen LogP contribution in [0.25, 0.3) is 0 Å². The number of nitrogens with zero attached hydrogens (tertiary/aromatic N) is 1. The largest absolute Gasteiger partial charge is 0.381 e. The molecule has 22 heavy (non-hydrogen) atoms. The van der Waals surface area contributed by atoms with Crippen LogP contribution < -0.4 is 10.2 Å². The number of hydrogen-bond donors (Lipinski definition) is 1. The highest BCUT2D eigenvalue weighted by Crippen LogP contribution is 2.24. The third kappa shape index (κ3) is 4.31. The monoisotopic (exact) mass is 304 g/mol. The quantitative estimate of drug-likeness (QED) is 0.787. The molecule has 0 saturated carbocycles. The van der Waals surface area contributed by atoms with Crippen molar-refractivity contribution >= 4 is 17.5 Å².